The van der Waals surface area contributed by atoms with Crippen LogP contribution in [0.4, 0.5) is 5.69 Å². The second-order valence-electron chi connectivity index (χ2n) is 5.00. The van der Waals surface area contributed by atoms with Crippen molar-refractivity contribution >= 4 is 11.7 Å². The number of methoxy groups -OCH3 is 1. The molecule has 0 radical (unpaired) electrons. The molecule has 1 aromatic carbocycles. The van der Waals surface area contributed by atoms with E-state index >= 15 is 0 Å². The van der Waals surface area contributed by atoms with Crippen molar-refractivity contribution < 1.29 is 19.2 Å². The van der Waals surface area contributed by atoms with Crippen molar-refractivity contribution in [3.8, 4) is 5.75 Å². The number of esters is 1. The van der Waals surface area contributed by atoms with E-state index in [1.807, 2.05) is 0 Å². The number of carbonyl (C=O) groups excluding carboxylic acids is 1. The number of nitro benzene ring substituents is 1. The SMILES string of the molecule is COC(=O)C(C)Oc1ccc(CNC2CC2)cc1[N+](=O)[O-]. The Morgan fingerprint density at radius 3 is 2.81 bits per heavy atom. The van der Waals surface area contributed by atoms with Crippen molar-refractivity contribution in [2.45, 2.75) is 38.5 Å². The molecule has 0 aromatic heterocycles. The summed E-state index contributed by atoms with van der Waals surface area (Å²) in [7, 11) is 1.24. The fraction of sp³-hybridized carbons (Fsp3) is 0.500. The van der Waals surface area contributed by atoms with Crippen molar-refractivity contribution in [2.24, 2.45) is 0 Å². The van der Waals surface area contributed by atoms with Crippen LogP contribution in [0, 0.1) is 10.1 Å². The van der Waals surface area contributed by atoms with Crippen molar-refractivity contribution in [1.82, 2.24) is 5.32 Å². The predicted octanol–water partition coefficient (Wildman–Crippen LogP) is 1.79. The van der Waals surface area contributed by atoms with Gasteiger partial charge >= 0.3 is 11.7 Å². The number of carbonyl (C=O) groups is 1. The van der Waals surface area contributed by atoms with E-state index in [0.29, 0.717) is 12.6 Å². The first-order chi connectivity index (χ1) is 10.0. The third-order valence-corrected chi connectivity index (χ3v) is 3.23. The van der Waals surface area contributed by atoms with Crippen molar-refractivity contribution in [1.29, 1.82) is 0 Å². The molecule has 0 aliphatic heterocycles. The predicted molar refractivity (Wildman–Crippen MR) is 75.1 cm³/mol. The highest BCUT2D eigenvalue weighted by Gasteiger charge is 2.23. The highest BCUT2D eigenvalue weighted by Crippen LogP contribution is 2.29. The molecule has 1 atom stereocenters. The molecule has 7 nitrogen and oxygen atoms in total. The average Bonchev–Trinajstić information content (AvgIpc) is 3.29. The van der Waals surface area contributed by atoms with E-state index < -0.39 is 17.0 Å². The van der Waals surface area contributed by atoms with Crippen LogP contribution in [-0.2, 0) is 16.1 Å². The summed E-state index contributed by atoms with van der Waals surface area (Å²) in [5.74, 6) is -0.517. The van der Waals surface area contributed by atoms with Crippen molar-refractivity contribution in [3.05, 3.63) is 33.9 Å². The number of ether oxygens (including phenoxy) is 2. The van der Waals surface area contributed by atoms with Crippen LogP contribution < -0.4 is 10.1 Å². The van der Waals surface area contributed by atoms with E-state index in [0.717, 1.165) is 18.4 Å². The summed E-state index contributed by atoms with van der Waals surface area (Å²) in [5, 5.41) is 14.4. The zero-order chi connectivity index (χ0) is 15.4. The van der Waals surface area contributed by atoms with Gasteiger partial charge in [-0.25, -0.2) is 4.79 Å². The van der Waals surface area contributed by atoms with Crippen LogP contribution in [0.15, 0.2) is 18.2 Å². The van der Waals surface area contributed by atoms with Crippen LogP contribution in [0.25, 0.3) is 0 Å². The first kappa shape index (κ1) is 15.2. The monoisotopic (exact) mass is 294 g/mol. The molecule has 2 rings (SSSR count). The Labute approximate surface area is 122 Å². The summed E-state index contributed by atoms with van der Waals surface area (Å²) in [6.45, 7) is 2.07. The summed E-state index contributed by atoms with van der Waals surface area (Å²) >= 11 is 0. The molecule has 1 saturated carbocycles. The quantitative estimate of drug-likeness (QED) is 0.468. The minimum atomic E-state index is -0.899. The normalized spacial score (nSPS) is 15.3. The van der Waals surface area contributed by atoms with Gasteiger partial charge in [-0.15, -0.1) is 0 Å². The molecular formula is C14H18N2O5. The Hall–Kier alpha value is -2.15. The largest absolute Gasteiger partial charge is 0.472 e. The lowest BCUT2D eigenvalue weighted by Gasteiger charge is -2.13. The number of hydrogen-bond donors (Lipinski definition) is 1. The molecule has 0 amide bonds. The maximum Gasteiger partial charge on any atom is 0.346 e. The van der Waals surface area contributed by atoms with Crippen LogP contribution in [-0.4, -0.2) is 30.1 Å². The Morgan fingerprint density at radius 2 is 2.24 bits per heavy atom. The van der Waals surface area contributed by atoms with Crippen LogP contribution in [0.1, 0.15) is 25.3 Å². The van der Waals surface area contributed by atoms with Gasteiger partial charge in [0.15, 0.2) is 11.9 Å². The summed E-state index contributed by atoms with van der Waals surface area (Å²) in [5.41, 5.74) is 0.660. The van der Waals surface area contributed by atoms with Crippen LogP contribution >= 0.6 is 0 Å². The Balaban J connectivity index is 2.11. The Morgan fingerprint density at radius 1 is 1.52 bits per heavy atom. The van der Waals surface area contributed by atoms with Gasteiger partial charge in [0.25, 0.3) is 0 Å². The Bertz CT molecular complexity index is 542. The molecule has 1 aliphatic rings. The van der Waals surface area contributed by atoms with Crippen LogP contribution in [0.5, 0.6) is 5.75 Å². The molecule has 1 aromatic rings. The van der Waals surface area contributed by atoms with Crippen molar-refractivity contribution in [3.63, 3.8) is 0 Å². The summed E-state index contributed by atoms with van der Waals surface area (Å²) in [4.78, 5) is 21.9. The zero-order valence-corrected chi connectivity index (χ0v) is 12.0. The van der Waals surface area contributed by atoms with E-state index in [-0.39, 0.29) is 11.4 Å². The highest BCUT2D eigenvalue weighted by atomic mass is 16.6. The lowest BCUT2D eigenvalue weighted by atomic mass is 10.2. The number of benzene rings is 1. The third-order valence-electron chi connectivity index (χ3n) is 3.23. The first-order valence-electron chi connectivity index (χ1n) is 6.76. The molecule has 0 heterocycles. The molecule has 1 aliphatic carbocycles. The topological polar surface area (TPSA) is 90.7 Å². The van der Waals surface area contributed by atoms with Gasteiger partial charge in [-0.05, 0) is 31.4 Å². The first-order valence-corrected chi connectivity index (χ1v) is 6.76. The number of nitrogens with zero attached hydrogens (tertiary/aromatic N) is 1. The number of hydrogen-bond acceptors (Lipinski definition) is 6. The summed E-state index contributed by atoms with van der Waals surface area (Å²) in [6.07, 6.45) is 1.41. The Kier molecular flexibility index (Phi) is 4.74. The minimum absolute atomic E-state index is 0.0630. The average molecular weight is 294 g/mol. The highest BCUT2D eigenvalue weighted by molar-refractivity contribution is 5.74. The van der Waals surface area contributed by atoms with Gasteiger partial charge in [0.2, 0.25) is 0 Å². The number of rotatable bonds is 7. The molecule has 114 valence electrons. The molecular weight excluding hydrogens is 276 g/mol. The smallest absolute Gasteiger partial charge is 0.346 e. The maximum absolute atomic E-state index is 11.3. The van der Waals surface area contributed by atoms with Gasteiger partial charge in [0.1, 0.15) is 0 Å². The second-order valence-corrected chi connectivity index (χ2v) is 5.00. The molecule has 1 N–H and O–H groups in total. The number of nitro groups is 1. The standard InChI is InChI=1S/C14H18N2O5/c1-9(14(17)20-2)21-13-6-3-10(7-12(13)16(18)19)8-15-11-4-5-11/h3,6-7,9,11,15H,4-5,8H2,1-2H3. The maximum atomic E-state index is 11.3. The van der Waals surface area contributed by atoms with E-state index in [2.05, 4.69) is 10.1 Å². The van der Waals surface area contributed by atoms with Gasteiger partial charge in [0.05, 0.1) is 12.0 Å². The van der Waals surface area contributed by atoms with Gasteiger partial charge < -0.3 is 14.8 Å². The molecule has 1 fully saturated rings. The summed E-state index contributed by atoms with van der Waals surface area (Å²) < 4.78 is 9.85. The van der Waals surface area contributed by atoms with E-state index in [9.17, 15) is 14.9 Å². The zero-order valence-electron chi connectivity index (χ0n) is 12.0. The van der Waals surface area contributed by atoms with Gasteiger partial charge in [-0.1, -0.05) is 6.07 Å². The second kappa shape index (κ2) is 6.53. The van der Waals surface area contributed by atoms with E-state index in [1.165, 1.54) is 26.2 Å². The number of nitrogens with one attached hydrogen (secondary N) is 1. The van der Waals surface area contributed by atoms with Gasteiger partial charge in [-0.2, -0.15) is 0 Å². The molecule has 21 heavy (non-hydrogen) atoms. The fourth-order valence-corrected chi connectivity index (χ4v) is 1.87. The van der Waals surface area contributed by atoms with E-state index in [4.69, 9.17) is 4.74 Å². The third kappa shape index (κ3) is 4.16. The molecule has 7 heteroatoms. The summed E-state index contributed by atoms with van der Waals surface area (Å²) in [6, 6.07) is 5.26. The fourth-order valence-electron chi connectivity index (χ4n) is 1.87. The molecule has 0 bridgehead atoms. The van der Waals surface area contributed by atoms with Crippen LogP contribution in [0.2, 0.25) is 0 Å². The minimum Gasteiger partial charge on any atom is -0.472 e. The van der Waals surface area contributed by atoms with Gasteiger partial charge in [-0.3, -0.25) is 10.1 Å². The molecule has 0 spiro atoms. The lowest BCUT2D eigenvalue weighted by Crippen LogP contribution is -2.25. The van der Waals surface area contributed by atoms with Gasteiger partial charge in [0, 0.05) is 18.7 Å². The van der Waals surface area contributed by atoms with Crippen molar-refractivity contribution in [2.75, 3.05) is 7.11 Å². The molecule has 1 unspecified atom stereocenters. The molecule has 0 saturated heterocycles. The van der Waals surface area contributed by atoms with Crippen LogP contribution in [0.3, 0.4) is 0 Å². The lowest BCUT2D eigenvalue weighted by molar-refractivity contribution is -0.386. The van der Waals surface area contributed by atoms with E-state index in [1.54, 1.807) is 6.07 Å².